The minimum absolute atomic E-state index is 0.0910. The molecule has 3 atom stereocenters. The average Bonchev–Trinajstić information content (AvgIpc) is 3.05. The van der Waals surface area contributed by atoms with Crippen molar-refractivity contribution in [2.45, 2.75) is 56.0 Å². The molecule has 2 aliphatic heterocycles. The van der Waals surface area contributed by atoms with Crippen molar-refractivity contribution in [3.05, 3.63) is 28.8 Å². The second-order valence-electron chi connectivity index (χ2n) is 6.66. The number of fused-ring (bicyclic) bond motifs is 2. The van der Waals surface area contributed by atoms with Crippen LogP contribution in [0.25, 0.3) is 0 Å². The first-order chi connectivity index (χ1) is 10.7. The summed E-state index contributed by atoms with van der Waals surface area (Å²) >= 11 is 6.16. The lowest BCUT2D eigenvalue weighted by Crippen LogP contribution is -2.38. The van der Waals surface area contributed by atoms with Crippen molar-refractivity contribution in [3.8, 4) is 0 Å². The molecule has 3 rings (SSSR count). The molecule has 5 nitrogen and oxygen atoms in total. The molecule has 1 aromatic carbocycles. The van der Waals surface area contributed by atoms with Gasteiger partial charge in [0.15, 0.2) is 0 Å². The molecule has 1 aromatic rings. The third-order valence-electron chi connectivity index (χ3n) is 4.97. The van der Waals surface area contributed by atoms with E-state index in [1.807, 2.05) is 19.9 Å². The molecule has 7 heteroatoms. The zero-order valence-corrected chi connectivity index (χ0v) is 14.6. The van der Waals surface area contributed by atoms with Gasteiger partial charge in [-0.15, -0.1) is 0 Å². The zero-order chi connectivity index (χ0) is 16.9. The normalized spacial score (nSPS) is 27.7. The van der Waals surface area contributed by atoms with Crippen LogP contribution in [0, 0.1) is 5.92 Å². The van der Waals surface area contributed by atoms with Gasteiger partial charge in [0.1, 0.15) is 4.90 Å². The standard InChI is InChI=1S/C16H20ClNO4S/c1-9(2)10-3-5-13(17)15(7-10)23(21,22)18-11-4-6-14(18)12(8-11)16(19)20/h3,5,7,9,11-12,14H,4,6,8H2,1-2H3,(H,19,20). The van der Waals surface area contributed by atoms with Crippen LogP contribution >= 0.6 is 11.6 Å². The summed E-state index contributed by atoms with van der Waals surface area (Å²) in [6.07, 6.45) is 1.71. The molecule has 2 aliphatic rings. The van der Waals surface area contributed by atoms with Gasteiger partial charge in [0.2, 0.25) is 10.0 Å². The molecule has 1 N–H and O–H groups in total. The smallest absolute Gasteiger partial charge is 0.308 e. The molecule has 0 saturated carbocycles. The van der Waals surface area contributed by atoms with Gasteiger partial charge in [0.25, 0.3) is 0 Å². The second kappa shape index (κ2) is 5.76. The van der Waals surface area contributed by atoms with Crippen LogP contribution in [0.4, 0.5) is 0 Å². The molecule has 0 amide bonds. The van der Waals surface area contributed by atoms with Crippen molar-refractivity contribution in [1.29, 1.82) is 0 Å². The molecule has 0 aliphatic carbocycles. The predicted molar refractivity (Wildman–Crippen MR) is 87.1 cm³/mol. The topological polar surface area (TPSA) is 74.7 Å². The fraction of sp³-hybridized carbons (Fsp3) is 0.562. The maximum atomic E-state index is 13.1. The Hall–Kier alpha value is -1.11. The highest BCUT2D eigenvalue weighted by Gasteiger charge is 2.54. The molecule has 0 spiro atoms. The van der Waals surface area contributed by atoms with E-state index in [0.29, 0.717) is 12.8 Å². The lowest BCUT2D eigenvalue weighted by atomic mass is 9.89. The Morgan fingerprint density at radius 3 is 2.61 bits per heavy atom. The van der Waals surface area contributed by atoms with Crippen LogP contribution in [-0.2, 0) is 14.8 Å². The first kappa shape index (κ1) is 16.7. The molecular formula is C16H20ClNO4S. The molecule has 2 bridgehead atoms. The molecule has 2 saturated heterocycles. The average molecular weight is 358 g/mol. The van der Waals surface area contributed by atoms with Crippen molar-refractivity contribution >= 4 is 27.6 Å². The van der Waals surface area contributed by atoms with Gasteiger partial charge in [0, 0.05) is 12.1 Å². The first-order valence-corrected chi connectivity index (χ1v) is 9.61. The van der Waals surface area contributed by atoms with Gasteiger partial charge in [-0.25, -0.2) is 8.42 Å². The number of halogens is 1. The summed E-state index contributed by atoms with van der Waals surface area (Å²) in [6, 6.07) is 4.36. The van der Waals surface area contributed by atoms with Crippen molar-refractivity contribution in [2.24, 2.45) is 5.92 Å². The molecule has 2 fully saturated rings. The molecule has 23 heavy (non-hydrogen) atoms. The van der Waals surface area contributed by atoms with Crippen LogP contribution < -0.4 is 0 Å². The van der Waals surface area contributed by atoms with Crippen LogP contribution in [-0.4, -0.2) is 35.9 Å². The summed E-state index contributed by atoms with van der Waals surface area (Å²) in [5.41, 5.74) is 0.898. The van der Waals surface area contributed by atoms with Gasteiger partial charge in [-0.1, -0.05) is 31.5 Å². The lowest BCUT2D eigenvalue weighted by molar-refractivity contribution is -0.142. The Labute approximate surface area is 141 Å². The van der Waals surface area contributed by atoms with E-state index in [1.165, 1.54) is 4.31 Å². The Bertz CT molecular complexity index is 746. The Morgan fingerprint density at radius 2 is 2.04 bits per heavy atom. The molecule has 0 radical (unpaired) electrons. The third kappa shape index (κ3) is 2.66. The largest absolute Gasteiger partial charge is 0.481 e. The van der Waals surface area contributed by atoms with E-state index in [4.69, 9.17) is 11.6 Å². The number of hydrogen-bond acceptors (Lipinski definition) is 3. The highest BCUT2D eigenvalue weighted by atomic mass is 35.5. The molecule has 126 valence electrons. The fourth-order valence-corrected chi connectivity index (χ4v) is 6.20. The SMILES string of the molecule is CC(C)c1ccc(Cl)c(S(=O)(=O)N2C3CCC2C(C(=O)O)C3)c1. The maximum absolute atomic E-state index is 13.1. The third-order valence-corrected chi connectivity index (χ3v) is 7.43. The van der Waals surface area contributed by atoms with Crippen LogP contribution in [0.5, 0.6) is 0 Å². The molecule has 2 heterocycles. The quantitative estimate of drug-likeness (QED) is 0.898. The van der Waals surface area contributed by atoms with E-state index in [2.05, 4.69) is 0 Å². The van der Waals surface area contributed by atoms with Gasteiger partial charge in [-0.05, 0) is 42.9 Å². The van der Waals surface area contributed by atoms with E-state index in [-0.39, 0.29) is 21.9 Å². The van der Waals surface area contributed by atoms with Gasteiger partial charge in [-0.2, -0.15) is 4.31 Å². The fourth-order valence-electron chi connectivity index (χ4n) is 3.77. The minimum atomic E-state index is -3.79. The summed E-state index contributed by atoms with van der Waals surface area (Å²) in [7, 11) is -3.79. The summed E-state index contributed by atoms with van der Waals surface area (Å²) in [6.45, 7) is 3.97. The van der Waals surface area contributed by atoms with E-state index < -0.39 is 28.0 Å². The molecule has 3 unspecified atom stereocenters. The molecule has 0 aromatic heterocycles. The first-order valence-electron chi connectivity index (χ1n) is 7.79. The summed E-state index contributed by atoms with van der Waals surface area (Å²) in [5, 5.41) is 9.50. The van der Waals surface area contributed by atoms with E-state index in [0.717, 1.165) is 12.0 Å². The Morgan fingerprint density at radius 1 is 1.35 bits per heavy atom. The van der Waals surface area contributed by atoms with Crippen LogP contribution in [0.15, 0.2) is 23.1 Å². The van der Waals surface area contributed by atoms with Crippen LogP contribution in [0.2, 0.25) is 5.02 Å². The van der Waals surface area contributed by atoms with E-state index >= 15 is 0 Å². The van der Waals surface area contributed by atoms with E-state index in [9.17, 15) is 18.3 Å². The zero-order valence-electron chi connectivity index (χ0n) is 13.1. The summed E-state index contributed by atoms with van der Waals surface area (Å²) < 4.78 is 27.6. The number of rotatable bonds is 4. The van der Waals surface area contributed by atoms with Gasteiger partial charge in [-0.3, -0.25) is 4.79 Å². The van der Waals surface area contributed by atoms with Crippen molar-refractivity contribution in [2.75, 3.05) is 0 Å². The summed E-state index contributed by atoms with van der Waals surface area (Å²) in [4.78, 5) is 11.5. The Kier molecular flexibility index (Phi) is 4.19. The highest BCUT2D eigenvalue weighted by Crippen LogP contribution is 2.46. The molecular weight excluding hydrogens is 338 g/mol. The highest BCUT2D eigenvalue weighted by molar-refractivity contribution is 7.89. The second-order valence-corrected chi connectivity index (χ2v) is 8.88. The monoisotopic (exact) mass is 357 g/mol. The number of carboxylic acids is 1. The number of nitrogens with zero attached hydrogens (tertiary/aromatic N) is 1. The predicted octanol–water partition coefficient (Wildman–Crippen LogP) is 3.09. The van der Waals surface area contributed by atoms with Crippen molar-refractivity contribution < 1.29 is 18.3 Å². The maximum Gasteiger partial charge on any atom is 0.308 e. The number of carbonyl (C=O) groups is 1. The van der Waals surface area contributed by atoms with Crippen molar-refractivity contribution in [1.82, 2.24) is 4.31 Å². The number of carboxylic acid groups (broad SMARTS) is 1. The van der Waals surface area contributed by atoms with Gasteiger partial charge < -0.3 is 5.11 Å². The summed E-state index contributed by atoms with van der Waals surface area (Å²) in [5.74, 6) is -1.35. The number of benzene rings is 1. The number of sulfonamides is 1. The number of aliphatic carboxylic acids is 1. The van der Waals surface area contributed by atoms with Gasteiger partial charge >= 0.3 is 5.97 Å². The number of hydrogen-bond donors (Lipinski definition) is 1. The van der Waals surface area contributed by atoms with Gasteiger partial charge in [0.05, 0.1) is 10.9 Å². The van der Waals surface area contributed by atoms with E-state index in [1.54, 1.807) is 12.1 Å². The lowest BCUT2D eigenvalue weighted by Gasteiger charge is -2.23. The Balaban J connectivity index is 2.03. The minimum Gasteiger partial charge on any atom is -0.481 e. The van der Waals surface area contributed by atoms with Crippen LogP contribution in [0.3, 0.4) is 0 Å². The van der Waals surface area contributed by atoms with Crippen molar-refractivity contribution in [3.63, 3.8) is 0 Å². The van der Waals surface area contributed by atoms with Crippen LogP contribution in [0.1, 0.15) is 44.6 Å².